The monoisotopic (exact) mass is 507 g/mol. The van der Waals surface area contributed by atoms with Gasteiger partial charge >= 0.3 is 6.18 Å². The van der Waals surface area contributed by atoms with E-state index in [-0.39, 0.29) is 15.1 Å². The van der Waals surface area contributed by atoms with E-state index in [2.05, 4.69) is 25.6 Å². The maximum Gasteiger partial charge on any atom is 0.417 e. The number of alkyl halides is 3. The summed E-state index contributed by atoms with van der Waals surface area (Å²) in [5, 5.41) is 0. The van der Waals surface area contributed by atoms with Gasteiger partial charge in [-0.3, -0.25) is 4.72 Å². The summed E-state index contributed by atoms with van der Waals surface area (Å²) in [6.45, 7) is 3.03. The van der Waals surface area contributed by atoms with Crippen LogP contribution in [-0.2, 0) is 16.2 Å². The number of hydrogen-bond acceptors (Lipinski definition) is 5. The zero-order valence-corrected chi connectivity index (χ0v) is 18.7. The lowest BCUT2D eigenvalue weighted by Gasteiger charge is -2.34. The first-order valence-electron chi connectivity index (χ1n) is 9.02. The van der Waals surface area contributed by atoms with Gasteiger partial charge in [0.05, 0.1) is 23.3 Å². The summed E-state index contributed by atoms with van der Waals surface area (Å²) in [4.78, 5) is 4.13. The highest BCUT2D eigenvalue weighted by Gasteiger charge is 2.33. The van der Waals surface area contributed by atoms with E-state index in [4.69, 9.17) is 4.74 Å². The fourth-order valence-electron chi connectivity index (χ4n) is 3.15. The normalized spacial score (nSPS) is 15.9. The molecule has 2 aromatic rings. The molecule has 0 atom stereocenters. The van der Waals surface area contributed by atoms with Crippen LogP contribution in [0.25, 0.3) is 0 Å². The van der Waals surface area contributed by atoms with E-state index in [0.717, 1.165) is 25.2 Å². The summed E-state index contributed by atoms with van der Waals surface area (Å²) >= 11 is 2.84. The van der Waals surface area contributed by atoms with Crippen LogP contribution in [0.2, 0.25) is 0 Å². The first kappa shape index (κ1) is 22.7. The second kappa shape index (κ2) is 8.64. The second-order valence-corrected chi connectivity index (χ2v) is 9.46. The van der Waals surface area contributed by atoms with E-state index in [0.29, 0.717) is 24.5 Å². The van der Waals surface area contributed by atoms with Gasteiger partial charge in [-0.15, -0.1) is 0 Å². The minimum Gasteiger partial charge on any atom is -0.495 e. The van der Waals surface area contributed by atoms with Gasteiger partial charge in [0.15, 0.2) is 0 Å². The first-order valence-corrected chi connectivity index (χ1v) is 11.3. The molecule has 2 aromatic carbocycles. The molecule has 3 rings (SSSR count). The molecule has 164 valence electrons. The Kier molecular flexibility index (Phi) is 6.54. The summed E-state index contributed by atoms with van der Waals surface area (Å²) in [6, 6.07) is 7.57. The van der Waals surface area contributed by atoms with Crippen LogP contribution in [0.15, 0.2) is 45.8 Å². The van der Waals surface area contributed by atoms with Crippen LogP contribution in [-0.4, -0.2) is 53.7 Å². The molecule has 1 saturated heterocycles. The lowest BCUT2D eigenvalue weighted by Crippen LogP contribution is -2.44. The number of likely N-dealkylation sites (N-methyl/N-ethyl adjacent to an activating group) is 1. The Labute approximate surface area is 181 Å². The zero-order valence-electron chi connectivity index (χ0n) is 16.3. The van der Waals surface area contributed by atoms with Gasteiger partial charge in [0.2, 0.25) is 0 Å². The van der Waals surface area contributed by atoms with Gasteiger partial charge in [-0.25, -0.2) is 8.42 Å². The molecule has 6 nitrogen and oxygen atoms in total. The van der Waals surface area contributed by atoms with Crippen molar-refractivity contribution < 1.29 is 26.3 Å². The number of anilines is 2. The molecule has 1 aliphatic rings. The van der Waals surface area contributed by atoms with Gasteiger partial charge in [0.25, 0.3) is 10.0 Å². The fraction of sp³-hybridized carbons (Fsp3) is 0.368. The van der Waals surface area contributed by atoms with Crippen molar-refractivity contribution in [3.63, 3.8) is 0 Å². The zero-order chi connectivity index (χ0) is 22.1. The Bertz CT molecular complexity index is 1020. The van der Waals surface area contributed by atoms with Crippen molar-refractivity contribution in [2.75, 3.05) is 50.0 Å². The smallest absolute Gasteiger partial charge is 0.417 e. The topological polar surface area (TPSA) is 61.9 Å². The molecular formula is C19H21BrF3N3O3S. The second-order valence-electron chi connectivity index (χ2n) is 6.92. The number of benzene rings is 2. The van der Waals surface area contributed by atoms with Crippen LogP contribution in [0.3, 0.4) is 0 Å². The van der Waals surface area contributed by atoms with Gasteiger partial charge in [0, 0.05) is 36.3 Å². The number of sulfonamides is 1. The van der Waals surface area contributed by atoms with E-state index in [9.17, 15) is 21.6 Å². The standard InChI is InChI=1S/C19H21BrF3N3O3S/c1-25-7-9-26(10-8-25)17-12-14(4-6-18(17)29-2)30(27,28)24-13-3-5-16(20)15(11-13)19(21,22)23/h3-6,11-12,24H,7-10H2,1-2H3. The molecule has 0 amide bonds. The van der Waals surface area contributed by atoms with E-state index < -0.39 is 21.8 Å². The predicted octanol–water partition coefficient (Wildman–Crippen LogP) is 4.03. The summed E-state index contributed by atoms with van der Waals surface area (Å²) in [5.41, 5.74) is -0.515. The van der Waals surface area contributed by atoms with E-state index in [1.54, 1.807) is 6.07 Å². The van der Waals surface area contributed by atoms with Crippen LogP contribution >= 0.6 is 15.9 Å². The highest BCUT2D eigenvalue weighted by Crippen LogP contribution is 2.37. The summed E-state index contributed by atoms with van der Waals surface area (Å²) < 4.78 is 72.5. The minimum absolute atomic E-state index is 0.0614. The van der Waals surface area contributed by atoms with Crippen molar-refractivity contribution in [1.29, 1.82) is 0 Å². The Morgan fingerprint density at radius 2 is 1.73 bits per heavy atom. The van der Waals surface area contributed by atoms with Gasteiger partial charge in [-0.2, -0.15) is 13.2 Å². The van der Waals surface area contributed by atoms with E-state index in [1.807, 2.05) is 11.9 Å². The molecule has 1 aliphatic heterocycles. The van der Waals surface area contributed by atoms with Crippen molar-refractivity contribution in [3.8, 4) is 5.75 Å². The van der Waals surface area contributed by atoms with Crippen molar-refractivity contribution in [2.24, 2.45) is 0 Å². The third kappa shape index (κ3) is 5.01. The molecule has 0 saturated carbocycles. The molecule has 1 N–H and O–H groups in total. The Morgan fingerprint density at radius 1 is 1.07 bits per heavy atom. The van der Waals surface area contributed by atoms with Crippen molar-refractivity contribution in [2.45, 2.75) is 11.1 Å². The number of rotatable bonds is 5. The van der Waals surface area contributed by atoms with Crippen LogP contribution < -0.4 is 14.4 Å². The molecule has 11 heteroatoms. The van der Waals surface area contributed by atoms with Crippen LogP contribution in [0.4, 0.5) is 24.5 Å². The molecule has 1 heterocycles. The van der Waals surface area contributed by atoms with Crippen molar-refractivity contribution in [3.05, 3.63) is 46.4 Å². The largest absolute Gasteiger partial charge is 0.495 e. The Balaban J connectivity index is 1.92. The molecular weight excluding hydrogens is 487 g/mol. The summed E-state index contributed by atoms with van der Waals surface area (Å²) in [6.07, 6.45) is -4.62. The van der Waals surface area contributed by atoms with E-state index in [1.165, 1.54) is 25.3 Å². The van der Waals surface area contributed by atoms with Crippen LogP contribution in [0, 0.1) is 0 Å². The molecule has 1 fully saturated rings. The van der Waals surface area contributed by atoms with Gasteiger partial charge in [-0.1, -0.05) is 15.9 Å². The van der Waals surface area contributed by atoms with Crippen molar-refractivity contribution in [1.82, 2.24) is 4.90 Å². The third-order valence-electron chi connectivity index (χ3n) is 4.83. The highest BCUT2D eigenvalue weighted by atomic mass is 79.9. The number of methoxy groups -OCH3 is 1. The average Bonchev–Trinajstić information content (AvgIpc) is 2.68. The maximum absolute atomic E-state index is 13.1. The maximum atomic E-state index is 13.1. The lowest BCUT2D eigenvalue weighted by molar-refractivity contribution is -0.138. The van der Waals surface area contributed by atoms with Crippen molar-refractivity contribution >= 4 is 37.3 Å². The Morgan fingerprint density at radius 3 is 2.33 bits per heavy atom. The number of hydrogen-bond donors (Lipinski definition) is 1. The predicted molar refractivity (Wildman–Crippen MR) is 113 cm³/mol. The number of nitrogens with zero attached hydrogens (tertiary/aromatic N) is 2. The fourth-order valence-corrected chi connectivity index (χ4v) is 4.69. The van der Waals surface area contributed by atoms with Gasteiger partial charge in [0.1, 0.15) is 5.75 Å². The van der Waals surface area contributed by atoms with Gasteiger partial charge < -0.3 is 14.5 Å². The summed E-state index contributed by atoms with van der Waals surface area (Å²) in [7, 11) is -0.602. The lowest BCUT2D eigenvalue weighted by atomic mass is 10.2. The molecule has 0 unspecified atom stereocenters. The Hall–Kier alpha value is -1.98. The van der Waals surface area contributed by atoms with Crippen LogP contribution in [0.5, 0.6) is 5.75 Å². The SMILES string of the molecule is COc1ccc(S(=O)(=O)Nc2ccc(Br)c(C(F)(F)F)c2)cc1N1CCN(C)CC1. The molecule has 0 aromatic heterocycles. The number of ether oxygens (including phenoxy) is 1. The number of nitrogens with one attached hydrogen (secondary N) is 1. The van der Waals surface area contributed by atoms with Gasteiger partial charge in [-0.05, 0) is 43.4 Å². The molecule has 0 aliphatic carbocycles. The minimum atomic E-state index is -4.62. The highest BCUT2D eigenvalue weighted by molar-refractivity contribution is 9.10. The first-order chi connectivity index (χ1) is 14.0. The van der Waals surface area contributed by atoms with E-state index >= 15 is 0 Å². The molecule has 0 bridgehead atoms. The quantitative estimate of drug-likeness (QED) is 0.661. The number of piperazine rings is 1. The average molecular weight is 508 g/mol. The van der Waals surface area contributed by atoms with Crippen LogP contribution in [0.1, 0.15) is 5.56 Å². The summed E-state index contributed by atoms with van der Waals surface area (Å²) in [5.74, 6) is 0.529. The molecule has 0 spiro atoms. The molecule has 0 radical (unpaired) electrons. The molecule has 30 heavy (non-hydrogen) atoms. The third-order valence-corrected chi connectivity index (χ3v) is 6.90. The number of halogens is 4.